The number of carbonyl (C=O) groups excluding carboxylic acids is 2. The Morgan fingerprint density at radius 2 is 1.79 bits per heavy atom. The van der Waals surface area contributed by atoms with Crippen LogP contribution in [0.3, 0.4) is 0 Å². The molecule has 1 atom stereocenters. The van der Waals surface area contributed by atoms with Crippen LogP contribution in [0, 0.1) is 23.5 Å². The number of benzene rings is 2. The second kappa shape index (κ2) is 11.3. The van der Waals surface area contributed by atoms with Crippen molar-refractivity contribution in [3.63, 3.8) is 0 Å². The lowest BCUT2D eigenvalue weighted by molar-refractivity contribution is -0.117. The van der Waals surface area contributed by atoms with Crippen molar-refractivity contribution in [1.82, 2.24) is 9.88 Å². The lowest BCUT2D eigenvalue weighted by atomic mass is 9.94. The molecule has 3 aromatic rings. The van der Waals surface area contributed by atoms with Crippen LogP contribution < -0.4 is 14.5 Å². The number of hydrogen-bond donors (Lipinski definition) is 0. The first-order chi connectivity index (χ1) is 18.3. The zero-order valence-corrected chi connectivity index (χ0v) is 21.4. The van der Waals surface area contributed by atoms with E-state index in [-0.39, 0.29) is 25.1 Å². The van der Waals surface area contributed by atoms with Gasteiger partial charge >= 0.3 is 6.03 Å². The first kappa shape index (κ1) is 26.6. The summed E-state index contributed by atoms with van der Waals surface area (Å²) >= 11 is 0. The largest absolute Gasteiger partial charge is 0.481 e. The molecule has 1 fully saturated rings. The molecule has 4 rings (SSSR count). The quantitative estimate of drug-likeness (QED) is 0.341. The van der Waals surface area contributed by atoms with Gasteiger partial charge in [-0.15, -0.1) is 0 Å². The molecule has 1 aliphatic rings. The summed E-state index contributed by atoms with van der Waals surface area (Å²) in [5, 5.41) is 0. The molecule has 0 saturated carbocycles. The molecule has 0 bridgehead atoms. The number of halogens is 2. The van der Waals surface area contributed by atoms with Gasteiger partial charge < -0.3 is 19.3 Å². The Hall–Kier alpha value is -4.45. The maximum Gasteiger partial charge on any atom is 0.325 e. The van der Waals surface area contributed by atoms with E-state index in [9.17, 15) is 9.59 Å². The van der Waals surface area contributed by atoms with E-state index >= 15 is 8.78 Å². The first-order valence-electron chi connectivity index (χ1n) is 12.1. The fourth-order valence-corrected chi connectivity index (χ4v) is 4.27. The maximum absolute atomic E-state index is 15.2. The number of likely N-dealkylation sites (N-methyl/N-ethyl adjacent to an activating group) is 1. The molecule has 0 N–H and O–H groups in total. The van der Waals surface area contributed by atoms with Crippen LogP contribution in [0.25, 0.3) is 0 Å². The highest BCUT2D eigenvalue weighted by atomic mass is 19.1. The minimum atomic E-state index is -1.11. The molecule has 1 aromatic heterocycles. The van der Waals surface area contributed by atoms with Crippen LogP contribution >= 0.6 is 0 Å². The van der Waals surface area contributed by atoms with Crippen LogP contribution in [0.2, 0.25) is 0 Å². The third-order valence-corrected chi connectivity index (χ3v) is 6.62. The molecule has 0 aliphatic carbocycles. The zero-order chi connectivity index (χ0) is 27.3. The van der Waals surface area contributed by atoms with E-state index in [0.717, 1.165) is 22.7 Å². The van der Waals surface area contributed by atoms with Crippen molar-refractivity contribution in [1.29, 1.82) is 0 Å². The summed E-state index contributed by atoms with van der Waals surface area (Å²) in [6, 6.07) is 14.2. The Morgan fingerprint density at radius 1 is 1.11 bits per heavy atom. The Labute approximate surface area is 220 Å². The van der Waals surface area contributed by atoms with Crippen molar-refractivity contribution in [3.8, 4) is 17.7 Å². The summed E-state index contributed by atoms with van der Waals surface area (Å²) in [6.45, 7) is 2.15. The molecule has 2 heterocycles. The first-order valence-corrected chi connectivity index (χ1v) is 12.1. The third-order valence-electron chi connectivity index (χ3n) is 6.62. The van der Waals surface area contributed by atoms with Gasteiger partial charge in [0.2, 0.25) is 5.88 Å². The monoisotopic (exact) mass is 518 g/mol. The predicted molar refractivity (Wildman–Crippen MR) is 141 cm³/mol. The van der Waals surface area contributed by atoms with Crippen LogP contribution in [0.15, 0.2) is 60.8 Å². The normalized spacial score (nSPS) is 17.0. The fourth-order valence-electron chi connectivity index (χ4n) is 4.27. The van der Waals surface area contributed by atoms with E-state index < -0.39 is 28.9 Å². The van der Waals surface area contributed by atoms with Gasteiger partial charge in [-0.3, -0.25) is 4.90 Å². The summed E-state index contributed by atoms with van der Waals surface area (Å²) in [5.74, 6) is 4.31. The molecule has 1 saturated heterocycles. The van der Waals surface area contributed by atoms with Gasteiger partial charge in [-0.25, -0.2) is 18.6 Å². The van der Waals surface area contributed by atoms with E-state index in [1.54, 1.807) is 31.3 Å². The van der Waals surface area contributed by atoms with E-state index in [1.807, 2.05) is 36.2 Å². The molecule has 196 valence electrons. The number of ether oxygens (including phenoxy) is 1. The van der Waals surface area contributed by atoms with Crippen molar-refractivity contribution < 1.29 is 23.1 Å². The topological polar surface area (TPSA) is 66.0 Å². The van der Waals surface area contributed by atoms with Gasteiger partial charge in [-0.1, -0.05) is 30.0 Å². The van der Waals surface area contributed by atoms with E-state index in [2.05, 4.69) is 16.8 Å². The minimum Gasteiger partial charge on any atom is -0.481 e. The van der Waals surface area contributed by atoms with Crippen LogP contribution in [0.1, 0.15) is 24.5 Å². The Morgan fingerprint density at radius 3 is 2.39 bits per heavy atom. The highest BCUT2D eigenvalue weighted by Gasteiger charge is 2.43. The van der Waals surface area contributed by atoms with Crippen LogP contribution in [-0.2, 0) is 4.79 Å². The van der Waals surface area contributed by atoms with Gasteiger partial charge in [0.15, 0.2) is 11.6 Å². The molecule has 0 radical (unpaired) electrons. The highest BCUT2D eigenvalue weighted by molar-refractivity contribution is 5.96. The van der Waals surface area contributed by atoms with Crippen molar-refractivity contribution in [2.75, 3.05) is 43.6 Å². The van der Waals surface area contributed by atoms with E-state index in [0.29, 0.717) is 24.3 Å². The second-order valence-corrected chi connectivity index (χ2v) is 9.20. The molecule has 7 nitrogen and oxygen atoms in total. The van der Waals surface area contributed by atoms with Crippen LogP contribution in [-0.4, -0.2) is 61.5 Å². The smallest absolute Gasteiger partial charge is 0.325 e. The standard InChI is InChI=1S/C29H28F2N4O3/c1-29(20-36)13-14-34(28(37)35(29)16-15-33(2)23-11-12-26(38-3)32-19-23)27-24(30)17-22(18-25(27)31)10-9-21-7-5-4-6-8-21/h4-8,11-12,17-20H,13-16H2,1-3H3. The Balaban J connectivity index is 1.55. The summed E-state index contributed by atoms with van der Waals surface area (Å²) in [6.07, 6.45) is 2.56. The van der Waals surface area contributed by atoms with Gasteiger partial charge in [0.1, 0.15) is 12.0 Å². The summed E-state index contributed by atoms with van der Waals surface area (Å²) in [7, 11) is 3.35. The summed E-state index contributed by atoms with van der Waals surface area (Å²) in [5.41, 5.74) is 0.0833. The van der Waals surface area contributed by atoms with Gasteiger partial charge in [0.25, 0.3) is 0 Å². The lowest BCUT2D eigenvalue weighted by Gasteiger charge is -2.46. The average molecular weight is 519 g/mol. The van der Waals surface area contributed by atoms with Crippen LogP contribution in [0.5, 0.6) is 5.88 Å². The third kappa shape index (κ3) is 5.59. The number of hydrogen-bond acceptors (Lipinski definition) is 5. The Bertz CT molecular complexity index is 1350. The second-order valence-electron chi connectivity index (χ2n) is 9.20. The molecule has 38 heavy (non-hydrogen) atoms. The van der Waals surface area contributed by atoms with E-state index in [1.165, 1.54) is 12.0 Å². The van der Waals surface area contributed by atoms with Gasteiger partial charge in [-0.2, -0.15) is 0 Å². The number of urea groups is 1. The van der Waals surface area contributed by atoms with Crippen molar-refractivity contribution in [2.24, 2.45) is 0 Å². The fraction of sp³-hybridized carbons (Fsp3) is 0.276. The number of rotatable bonds is 7. The van der Waals surface area contributed by atoms with Crippen molar-refractivity contribution in [3.05, 3.63) is 83.6 Å². The number of aldehydes is 1. The molecule has 1 aliphatic heterocycles. The summed E-state index contributed by atoms with van der Waals surface area (Å²) < 4.78 is 35.4. The average Bonchev–Trinajstić information content (AvgIpc) is 2.93. The molecule has 0 spiro atoms. The van der Waals surface area contributed by atoms with Gasteiger partial charge in [0.05, 0.1) is 24.5 Å². The lowest BCUT2D eigenvalue weighted by Crippen LogP contribution is -2.63. The molecule has 1 unspecified atom stereocenters. The molecular weight excluding hydrogens is 490 g/mol. The number of aromatic nitrogens is 1. The Kier molecular flexibility index (Phi) is 7.91. The summed E-state index contributed by atoms with van der Waals surface area (Å²) in [4.78, 5) is 34.0. The molecule has 2 aromatic carbocycles. The maximum atomic E-state index is 15.2. The number of nitrogens with zero attached hydrogens (tertiary/aromatic N) is 4. The predicted octanol–water partition coefficient (Wildman–Crippen LogP) is 4.49. The van der Waals surface area contributed by atoms with Gasteiger partial charge in [0, 0.05) is 43.9 Å². The number of pyridine rings is 1. The molecular formula is C29H28F2N4O3. The highest BCUT2D eigenvalue weighted by Crippen LogP contribution is 2.33. The zero-order valence-electron chi connectivity index (χ0n) is 21.4. The SMILES string of the molecule is COc1ccc(N(C)CCN2C(=O)N(c3c(F)cc(C#Cc4ccccc4)cc3F)CCC2(C)C=O)cn1. The number of methoxy groups -OCH3 is 1. The number of carbonyl (C=O) groups is 2. The minimum absolute atomic E-state index is 0.00824. The van der Waals surface area contributed by atoms with Crippen LogP contribution in [0.4, 0.5) is 25.0 Å². The van der Waals surface area contributed by atoms with Crippen molar-refractivity contribution >= 4 is 23.7 Å². The van der Waals surface area contributed by atoms with Gasteiger partial charge in [-0.05, 0) is 43.7 Å². The number of amides is 2. The van der Waals surface area contributed by atoms with Crippen molar-refractivity contribution in [2.45, 2.75) is 18.9 Å². The molecule has 9 heteroatoms. The van der Waals surface area contributed by atoms with E-state index in [4.69, 9.17) is 4.74 Å². The molecule has 2 amide bonds. The number of anilines is 2.